The van der Waals surface area contributed by atoms with Crippen molar-refractivity contribution in [2.45, 2.75) is 44.2 Å². The van der Waals surface area contributed by atoms with E-state index in [0.29, 0.717) is 6.04 Å². The normalized spacial score (nSPS) is 28.4. The Bertz CT molecular complexity index is 276. The first-order valence-electron chi connectivity index (χ1n) is 7.24. The molecule has 18 heavy (non-hydrogen) atoms. The first-order chi connectivity index (χ1) is 8.58. The molecular formula is C14H28N4. The van der Waals surface area contributed by atoms with Gasteiger partial charge in [-0.3, -0.25) is 0 Å². The average Bonchev–Trinajstić information content (AvgIpc) is 2.27. The highest BCUT2D eigenvalue weighted by molar-refractivity contribution is 5.79. The maximum absolute atomic E-state index is 4.87. The molecule has 1 saturated carbocycles. The molecule has 0 bridgehead atoms. The topological polar surface area (TPSA) is 22.1 Å². The van der Waals surface area contributed by atoms with Gasteiger partial charge < -0.3 is 14.7 Å². The van der Waals surface area contributed by atoms with Crippen LogP contribution in [0.1, 0.15) is 32.1 Å². The summed E-state index contributed by atoms with van der Waals surface area (Å²) in [6.45, 7) is 2.63. The van der Waals surface area contributed by atoms with Gasteiger partial charge in [0.05, 0.1) is 6.04 Å². The minimum absolute atomic E-state index is 0.539. The molecule has 2 fully saturated rings. The van der Waals surface area contributed by atoms with Gasteiger partial charge in [0.1, 0.15) is 0 Å². The minimum Gasteiger partial charge on any atom is -0.349 e. The van der Waals surface area contributed by atoms with Gasteiger partial charge in [0.2, 0.25) is 0 Å². The van der Waals surface area contributed by atoms with Crippen molar-refractivity contribution >= 4 is 5.96 Å². The summed E-state index contributed by atoms with van der Waals surface area (Å²) >= 11 is 0. The Kier molecular flexibility index (Phi) is 4.49. The van der Waals surface area contributed by atoms with E-state index in [0.717, 1.165) is 12.0 Å². The van der Waals surface area contributed by atoms with E-state index < -0.39 is 0 Å². The highest BCUT2D eigenvalue weighted by Crippen LogP contribution is 2.30. The predicted octanol–water partition coefficient (Wildman–Crippen LogP) is 1.48. The second-order valence-electron chi connectivity index (χ2n) is 6.09. The molecular weight excluding hydrogens is 224 g/mol. The van der Waals surface area contributed by atoms with Crippen molar-refractivity contribution in [3.63, 3.8) is 0 Å². The standard InChI is InChI=1S/C14H28N4/c1-16(2)14(17(3)4)15-12-10-13(11-12)18-8-6-5-7-9-18/h12-13H,5-11H2,1-4H3. The van der Waals surface area contributed by atoms with E-state index in [2.05, 4.69) is 42.9 Å². The van der Waals surface area contributed by atoms with Crippen molar-refractivity contribution in [3.05, 3.63) is 0 Å². The Balaban J connectivity index is 1.82. The molecule has 1 saturated heterocycles. The van der Waals surface area contributed by atoms with Crippen LogP contribution in [0.2, 0.25) is 0 Å². The van der Waals surface area contributed by atoms with Crippen molar-refractivity contribution in [1.29, 1.82) is 0 Å². The van der Waals surface area contributed by atoms with E-state index in [9.17, 15) is 0 Å². The van der Waals surface area contributed by atoms with Gasteiger partial charge >= 0.3 is 0 Å². The lowest BCUT2D eigenvalue weighted by atomic mass is 9.85. The van der Waals surface area contributed by atoms with Gasteiger partial charge in [-0.05, 0) is 38.8 Å². The minimum atomic E-state index is 0.539. The SMILES string of the molecule is CN(C)C(=NC1CC(N2CCCCC2)C1)N(C)C. The number of likely N-dealkylation sites (tertiary alicyclic amines) is 1. The molecule has 0 amide bonds. The summed E-state index contributed by atoms with van der Waals surface area (Å²) in [7, 11) is 8.28. The van der Waals surface area contributed by atoms with E-state index in [-0.39, 0.29) is 0 Å². The Morgan fingerprint density at radius 3 is 2.00 bits per heavy atom. The maximum atomic E-state index is 4.87. The maximum Gasteiger partial charge on any atom is 0.195 e. The van der Waals surface area contributed by atoms with Crippen LogP contribution >= 0.6 is 0 Å². The molecule has 0 N–H and O–H groups in total. The molecule has 4 nitrogen and oxygen atoms in total. The largest absolute Gasteiger partial charge is 0.349 e. The van der Waals surface area contributed by atoms with Crippen molar-refractivity contribution in [2.75, 3.05) is 41.3 Å². The summed E-state index contributed by atoms with van der Waals surface area (Å²) in [6, 6.07) is 1.35. The van der Waals surface area contributed by atoms with Gasteiger partial charge in [-0.25, -0.2) is 4.99 Å². The van der Waals surface area contributed by atoms with Gasteiger partial charge in [0.25, 0.3) is 0 Å². The number of hydrogen-bond donors (Lipinski definition) is 0. The van der Waals surface area contributed by atoms with Crippen molar-refractivity contribution in [3.8, 4) is 0 Å². The van der Waals surface area contributed by atoms with Crippen LogP contribution in [0.25, 0.3) is 0 Å². The molecule has 1 aliphatic carbocycles. The highest BCUT2D eigenvalue weighted by atomic mass is 15.3. The summed E-state index contributed by atoms with van der Waals surface area (Å²) in [5.41, 5.74) is 0. The molecule has 2 rings (SSSR count). The first-order valence-corrected chi connectivity index (χ1v) is 7.24. The molecule has 0 aromatic rings. The zero-order valence-electron chi connectivity index (χ0n) is 12.4. The van der Waals surface area contributed by atoms with Crippen LogP contribution in [-0.2, 0) is 0 Å². The quantitative estimate of drug-likeness (QED) is 0.549. The van der Waals surface area contributed by atoms with Crippen LogP contribution < -0.4 is 0 Å². The fourth-order valence-corrected chi connectivity index (χ4v) is 3.04. The number of nitrogens with zero attached hydrogens (tertiary/aromatic N) is 4. The fourth-order valence-electron chi connectivity index (χ4n) is 3.04. The highest BCUT2D eigenvalue weighted by Gasteiger charge is 2.34. The summed E-state index contributed by atoms with van der Waals surface area (Å²) in [5, 5.41) is 0. The van der Waals surface area contributed by atoms with Crippen LogP contribution in [0, 0.1) is 0 Å². The summed E-state index contributed by atoms with van der Waals surface area (Å²) in [6.07, 6.45) is 6.72. The van der Waals surface area contributed by atoms with E-state index in [4.69, 9.17) is 4.99 Å². The third kappa shape index (κ3) is 3.16. The third-order valence-electron chi connectivity index (χ3n) is 4.09. The molecule has 0 unspecified atom stereocenters. The first kappa shape index (κ1) is 13.7. The van der Waals surface area contributed by atoms with Crippen LogP contribution in [0.5, 0.6) is 0 Å². The van der Waals surface area contributed by atoms with E-state index in [1.54, 1.807) is 0 Å². The number of piperidine rings is 1. The zero-order chi connectivity index (χ0) is 13.1. The van der Waals surface area contributed by atoms with Gasteiger partial charge in [-0.2, -0.15) is 0 Å². The molecule has 0 aromatic carbocycles. The van der Waals surface area contributed by atoms with Crippen LogP contribution in [0.3, 0.4) is 0 Å². The lowest BCUT2D eigenvalue weighted by molar-refractivity contribution is 0.0905. The van der Waals surface area contributed by atoms with Gasteiger partial charge in [-0.1, -0.05) is 6.42 Å². The van der Waals surface area contributed by atoms with E-state index in [1.807, 2.05) is 0 Å². The smallest absolute Gasteiger partial charge is 0.195 e. The average molecular weight is 252 g/mol. The van der Waals surface area contributed by atoms with Gasteiger partial charge in [-0.15, -0.1) is 0 Å². The number of guanidine groups is 1. The van der Waals surface area contributed by atoms with Gasteiger partial charge in [0.15, 0.2) is 5.96 Å². The third-order valence-corrected chi connectivity index (χ3v) is 4.09. The summed E-state index contributed by atoms with van der Waals surface area (Å²) in [5.74, 6) is 1.09. The van der Waals surface area contributed by atoms with Crippen LogP contribution in [0.4, 0.5) is 0 Å². The lowest BCUT2D eigenvalue weighted by Crippen LogP contribution is -2.49. The second-order valence-corrected chi connectivity index (χ2v) is 6.09. The van der Waals surface area contributed by atoms with Gasteiger partial charge in [0, 0.05) is 34.2 Å². The van der Waals surface area contributed by atoms with Crippen molar-refractivity contribution in [1.82, 2.24) is 14.7 Å². The van der Waals surface area contributed by atoms with Crippen molar-refractivity contribution < 1.29 is 0 Å². The Labute approximate surface area is 112 Å². The molecule has 4 heteroatoms. The predicted molar refractivity (Wildman–Crippen MR) is 77.0 cm³/mol. The molecule has 1 heterocycles. The summed E-state index contributed by atoms with van der Waals surface area (Å²) < 4.78 is 0. The fraction of sp³-hybridized carbons (Fsp3) is 0.929. The van der Waals surface area contributed by atoms with Crippen LogP contribution in [0.15, 0.2) is 4.99 Å². The molecule has 2 aliphatic rings. The number of hydrogen-bond acceptors (Lipinski definition) is 2. The zero-order valence-corrected chi connectivity index (χ0v) is 12.4. The molecule has 0 radical (unpaired) electrons. The molecule has 104 valence electrons. The monoisotopic (exact) mass is 252 g/mol. The summed E-state index contributed by atoms with van der Waals surface area (Å²) in [4.78, 5) is 11.8. The number of aliphatic imine (C=N–C) groups is 1. The van der Waals surface area contributed by atoms with Crippen LogP contribution in [-0.4, -0.2) is 74.0 Å². The second kappa shape index (κ2) is 5.91. The van der Waals surface area contributed by atoms with E-state index >= 15 is 0 Å². The Hall–Kier alpha value is -0.770. The number of rotatable bonds is 2. The molecule has 1 aliphatic heterocycles. The Morgan fingerprint density at radius 2 is 1.50 bits per heavy atom. The molecule has 0 aromatic heterocycles. The lowest BCUT2D eigenvalue weighted by Gasteiger charge is -2.43. The van der Waals surface area contributed by atoms with Crippen molar-refractivity contribution in [2.24, 2.45) is 4.99 Å². The molecule has 0 atom stereocenters. The Morgan fingerprint density at radius 1 is 0.944 bits per heavy atom. The molecule has 0 spiro atoms. The van der Waals surface area contributed by atoms with E-state index in [1.165, 1.54) is 45.2 Å².